The Bertz CT molecular complexity index is 551. The minimum Gasteiger partial charge on any atom is -0.399 e. The zero-order valence-electron chi connectivity index (χ0n) is 10.1. The van der Waals surface area contributed by atoms with Gasteiger partial charge in [-0.1, -0.05) is 6.07 Å². The normalized spacial score (nSPS) is 10.1. The van der Waals surface area contributed by atoms with E-state index in [4.69, 9.17) is 5.73 Å². The molecule has 5 heteroatoms. The summed E-state index contributed by atoms with van der Waals surface area (Å²) in [5.74, 6) is 0. The van der Waals surface area contributed by atoms with Gasteiger partial charge in [-0.15, -0.1) is 11.3 Å². The summed E-state index contributed by atoms with van der Waals surface area (Å²) < 4.78 is 0. The topological polar surface area (TPSA) is 67.2 Å². The number of amides is 2. The second kappa shape index (κ2) is 5.55. The van der Waals surface area contributed by atoms with Gasteiger partial charge >= 0.3 is 6.03 Å². The van der Waals surface area contributed by atoms with Crippen molar-refractivity contribution in [3.05, 3.63) is 46.2 Å². The Morgan fingerprint density at radius 3 is 2.83 bits per heavy atom. The number of urea groups is 1. The van der Waals surface area contributed by atoms with Crippen LogP contribution in [0.25, 0.3) is 0 Å². The molecule has 0 spiro atoms. The van der Waals surface area contributed by atoms with Crippen molar-refractivity contribution in [2.75, 3.05) is 11.1 Å². The summed E-state index contributed by atoms with van der Waals surface area (Å²) in [6.07, 6.45) is 0. The van der Waals surface area contributed by atoms with Gasteiger partial charge in [-0.05, 0) is 37.3 Å². The van der Waals surface area contributed by atoms with Crippen LogP contribution in [-0.2, 0) is 6.54 Å². The summed E-state index contributed by atoms with van der Waals surface area (Å²) >= 11 is 1.68. The van der Waals surface area contributed by atoms with E-state index >= 15 is 0 Å². The highest BCUT2D eigenvalue weighted by molar-refractivity contribution is 7.11. The van der Waals surface area contributed by atoms with Crippen molar-refractivity contribution in [2.45, 2.75) is 13.5 Å². The molecule has 94 valence electrons. The molecule has 4 N–H and O–H groups in total. The van der Waals surface area contributed by atoms with Crippen LogP contribution >= 0.6 is 11.3 Å². The molecule has 0 unspecified atom stereocenters. The van der Waals surface area contributed by atoms with Crippen LogP contribution < -0.4 is 16.4 Å². The van der Waals surface area contributed by atoms with Crippen LogP contribution in [0.4, 0.5) is 16.2 Å². The molecule has 4 nitrogen and oxygen atoms in total. The molecule has 0 aliphatic heterocycles. The van der Waals surface area contributed by atoms with Crippen LogP contribution in [0.15, 0.2) is 36.4 Å². The molecule has 0 aliphatic rings. The van der Waals surface area contributed by atoms with Crippen molar-refractivity contribution in [3.63, 3.8) is 0 Å². The number of anilines is 2. The van der Waals surface area contributed by atoms with E-state index in [-0.39, 0.29) is 6.03 Å². The van der Waals surface area contributed by atoms with E-state index in [1.807, 2.05) is 19.1 Å². The van der Waals surface area contributed by atoms with Crippen molar-refractivity contribution in [3.8, 4) is 0 Å². The number of benzene rings is 1. The van der Waals surface area contributed by atoms with Gasteiger partial charge in [-0.3, -0.25) is 0 Å². The molecule has 2 aromatic rings. The summed E-state index contributed by atoms with van der Waals surface area (Å²) in [4.78, 5) is 14.0. The van der Waals surface area contributed by atoms with E-state index in [9.17, 15) is 4.79 Å². The number of nitrogens with two attached hydrogens (primary N) is 1. The lowest BCUT2D eigenvalue weighted by Gasteiger charge is -2.07. The highest BCUT2D eigenvalue weighted by atomic mass is 32.1. The minimum absolute atomic E-state index is 0.230. The number of rotatable bonds is 3. The summed E-state index contributed by atoms with van der Waals surface area (Å²) in [6, 6.07) is 10.9. The molecule has 0 aliphatic carbocycles. The molecule has 2 rings (SSSR count). The number of nitrogen functional groups attached to an aromatic ring is 1. The first-order valence-electron chi connectivity index (χ1n) is 5.59. The fourth-order valence-electron chi connectivity index (χ4n) is 1.54. The van der Waals surface area contributed by atoms with Gasteiger partial charge in [0.05, 0.1) is 6.54 Å². The van der Waals surface area contributed by atoms with Gasteiger partial charge < -0.3 is 16.4 Å². The van der Waals surface area contributed by atoms with Crippen molar-refractivity contribution in [1.29, 1.82) is 0 Å². The number of hydrogen-bond donors (Lipinski definition) is 3. The molecule has 18 heavy (non-hydrogen) atoms. The number of aryl methyl sites for hydroxylation is 1. The molecule has 0 saturated carbocycles. The second-order valence-corrected chi connectivity index (χ2v) is 5.32. The van der Waals surface area contributed by atoms with Crippen LogP contribution in [0.1, 0.15) is 9.75 Å². The highest BCUT2D eigenvalue weighted by Gasteiger charge is 2.03. The third-order valence-electron chi connectivity index (χ3n) is 2.36. The number of thiophene rings is 1. The lowest BCUT2D eigenvalue weighted by molar-refractivity contribution is 0.252. The highest BCUT2D eigenvalue weighted by Crippen LogP contribution is 2.15. The zero-order chi connectivity index (χ0) is 13.0. The van der Waals surface area contributed by atoms with Gasteiger partial charge in [0.15, 0.2) is 0 Å². The van der Waals surface area contributed by atoms with Crippen molar-refractivity contribution >= 4 is 28.7 Å². The molecular formula is C13H15N3OS. The zero-order valence-corrected chi connectivity index (χ0v) is 10.9. The monoisotopic (exact) mass is 261 g/mol. The van der Waals surface area contributed by atoms with Crippen LogP contribution in [0.2, 0.25) is 0 Å². The Hall–Kier alpha value is -2.01. The summed E-state index contributed by atoms with van der Waals surface area (Å²) in [7, 11) is 0. The Morgan fingerprint density at radius 2 is 2.17 bits per heavy atom. The number of carbonyl (C=O) groups excluding carboxylic acids is 1. The predicted octanol–water partition coefficient (Wildman–Crippen LogP) is 2.96. The van der Waals surface area contributed by atoms with Crippen molar-refractivity contribution < 1.29 is 4.79 Å². The van der Waals surface area contributed by atoms with Gasteiger partial charge in [0.2, 0.25) is 0 Å². The molecule has 2 amide bonds. The number of nitrogens with one attached hydrogen (secondary N) is 2. The summed E-state index contributed by atoms with van der Waals surface area (Å²) in [6.45, 7) is 2.58. The average Bonchev–Trinajstić information content (AvgIpc) is 2.73. The third kappa shape index (κ3) is 3.49. The van der Waals surface area contributed by atoms with Gasteiger partial charge in [-0.25, -0.2) is 4.79 Å². The van der Waals surface area contributed by atoms with Gasteiger partial charge in [0.25, 0.3) is 0 Å². The maximum atomic E-state index is 11.6. The van der Waals surface area contributed by atoms with Gasteiger partial charge in [0, 0.05) is 21.1 Å². The molecule has 0 atom stereocenters. The Labute approximate surface area is 110 Å². The SMILES string of the molecule is Cc1ccc(CNC(=O)Nc2cccc(N)c2)s1. The molecule has 0 bridgehead atoms. The maximum absolute atomic E-state index is 11.6. The largest absolute Gasteiger partial charge is 0.399 e. The van der Waals surface area contributed by atoms with Crippen molar-refractivity contribution in [1.82, 2.24) is 5.32 Å². The molecule has 1 heterocycles. The number of hydrogen-bond acceptors (Lipinski definition) is 3. The van der Waals surface area contributed by atoms with E-state index in [0.717, 1.165) is 4.88 Å². The minimum atomic E-state index is -0.230. The summed E-state index contributed by atoms with van der Waals surface area (Å²) in [5, 5.41) is 5.53. The van der Waals surface area contributed by atoms with E-state index in [1.165, 1.54) is 4.88 Å². The molecule has 1 aromatic carbocycles. The number of carbonyl (C=O) groups is 1. The molecule has 1 aromatic heterocycles. The lowest BCUT2D eigenvalue weighted by Crippen LogP contribution is -2.27. The quantitative estimate of drug-likeness (QED) is 0.744. The van der Waals surface area contributed by atoms with E-state index in [1.54, 1.807) is 35.6 Å². The summed E-state index contributed by atoms with van der Waals surface area (Å²) in [5.41, 5.74) is 6.95. The average molecular weight is 261 g/mol. The molecule has 0 radical (unpaired) electrons. The van der Waals surface area contributed by atoms with Crippen LogP contribution in [0.3, 0.4) is 0 Å². The predicted molar refractivity (Wildman–Crippen MR) is 75.8 cm³/mol. The molecule has 0 fully saturated rings. The van der Waals surface area contributed by atoms with E-state index in [2.05, 4.69) is 10.6 Å². The Balaban J connectivity index is 1.85. The Morgan fingerprint density at radius 1 is 1.33 bits per heavy atom. The van der Waals surface area contributed by atoms with Crippen LogP contribution in [0, 0.1) is 6.92 Å². The third-order valence-corrected chi connectivity index (χ3v) is 3.36. The fourth-order valence-corrected chi connectivity index (χ4v) is 2.37. The van der Waals surface area contributed by atoms with Crippen molar-refractivity contribution in [2.24, 2.45) is 0 Å². The van der Waals surface area contributed by atoms with Gasteiger partial charge in [-0.2, -0.15) is 0 Å². The molecular weight excluding hydrogens is 246 g/mol. The maximum Gasteiger partial charge on any atom is 0.319 e. The molecule has 0 saturated heterocycles. The van der Waals surface area contributed by atoms with E-state index < -0.39 is 0 Å². The smallest absolute Gasteiger partial charge is 0.319 e. The second-order valence-electron chi connectivity index (χ2n) is 3.95. The van der Waals surface area contributed by atoms with E-state index in [0.29, 0.717) is 17.9 Å². The first kappa shape index (κ1) is 12.4. The van der Waals surface area contributed by atoms with Crippen LogP contribution in [-0.4, -0.2) is 6.03 Å². The first-order chi connectivity index (χ1) is 8.63. The Kier molecular flexibility index (Phi) is 3.84. The fraction of sp³-hybridized carbons (Fsp3) is 0.154. The lowest BCUT2D eigenvalue weighted by atomic mass is 10.3. The standard InChI is InChI=1S/C13H15N3OS/c1-9-5-6-12(18-9)8-15-13(17)16-11-4-2-3-10(14)7-11/h2-7H,8,14H2,1H3,(H2,15,16,17). The van der Waals surface area contributed by atoms with Crippen LogP contribution in [0.5, 0.6) is 0 Å². The first-order valence-corrected chi connectivity index (χ1v) is 6.41. The van der Waals surface area contributed by atoms with Gasteiger partial charge in [0.1, 0.15) is 0 Å².